The first-order valence-corrected chi connectivity index (χ1v) is 8.27. The summed E-state index contributed by atoms with van der Waals surface area (Å²) < 4.78 is 0.854. The van der Waals surface area contributed by atoms with Crippen LogP contribution in [0.3, 0.4) is 0 Å². The number of unbranched alkanes of at least 4 members (excludes halogenated alkanes) is 5. The van der Waals surface area contributed by atoms with Crippen molar-refractivity contribution in [1.82, 2.24) is 5.32 Å². The predicted molar refractivity (Wildman–Crippen MR) is 89.2 cm³/mol. The summed E-state index contributed by atoms with van der Waals surface area (Å²) in [4.78, 5) is 23.3. The summed E-state index contributed by atoms with van der Waals surface area (Å²) in [7, 11) is 0. The minimum Gasteiger partial charge on any atom is -0.348 e. The number of anilines is 1. The first-order chi connectivity index (χ1) is 10.1. The molecule has 0 bridgehead atoms. The summed E-state index contributed by atoms with van der Waals surface area (Å²) in [5.41, 5.74) is 0.601. The molecular formula is C16H23BrN2O2. The molecule has 4 nitrogen and oxygen atoms in total. The van der Waals surface area contributed by atoms with Crippen molar-refractivity contribution >= 4 is 33.4 Å². The number of carbonyl (C=O) groups excluding carboxylic acids is 2. The number of carbonyl (C=O) groups is 2. The van der Waals surface area contributed by atoms with Crippen LogP contribution in [-0.4, -0.2) is 18.4 Å². The zero-order valence-corrected chi connectivity index (χ0v) is 14.0. The maximum absolute atomic E-state index is 11.7. The molecule has 0 atom stereocenters. The second kappa shape index (κ2) is 10.4. The summed E-state index contributed by atoms with van der Waals surface area (Å²) >= 11 is 3.31. The van der Waals surface area contributed by atoms with E-state index in [1.165, 1.54) is 25.7 Å². The van der Waals surface area contributed by atoms with Gasteiger partial charge in [-0.05, 0) is 24.6 Å². The van der Waals surface area contributed by atoms with Crippen molar-refractivity contribution < 1.29 is 9.59 Å². The molecule has 0 aromatic heterocycles. The Morgan fingerprint density at radius 1 is 1.05 bits per heavy atom. The average molecular weight is 355 g/mol. The van der Waals surface area contributed by atoms with Gasteiger partial charge in [0.15, 0.2) is 0 Å². The molecule has 1 rings (SSSR count). The fourth-order valence-electron chi connectivity index (χ4n) is 1.94. The lowest BCUT2D eigenvalue weighted by atomic mass is 10.1. The Morgan fingerprint density at radius 3 is 2.48 bits per heavy atom. The van der Waals surface area contributed by atoms with Crippen LogP contribution in [0, 0.1) is 0 Å². The van der Waals surface area contributed by atoms with Crippen LogP contribution in [0.15, 0.2) is 28.7 Å². The van der Waals surface area contributed by atoms with Gasteiger partial charge in [0.1, 0.15) is 0 Å². The minimum atomic E-state index is -0.626. The molecule has 1 aromatic rings. The molecule has 0 heterocycles. The molecule has 0 aliphatic carbocycles. The van der Waals surface area contributed by atoms with Gasteiger partial charge >= 0.3 is 11.8 Å². The molecule has 2 amide bonds. The number of hydrogen-bond acceptors (Lipinski definition) is 2. The highest BCUT2D eigenvalue weighted by Crippen LogP contribution is 2.15. The maximum Gasteiger partial charge on any atom is 0.313 e. The van der Waals surface area contributed by atoms with Gasteiger partial charge < -0.3 is 10.6 Å². The first kappa shape index (κ1) is 17.7. The quantitative estimate of drug-likeness (QED) is 0.549. The maximum atomic E-state index is 11.7. The highest BCUT2D eigenvalue weighted by molar-refractivity contribution is 9.10. The zero-order chi connectivity index (χ0) is 15.5. The van der Waals surface area contributed by atoms with Crippen LogP contribution >= 0.6 is 15.9 Å². The largest absolute Gasteiger partial charge is 0.348 e. The second-order valence-corrected chi connectivity index (χ2v) is 5.90. The number of amides is 2. The molecule has 1 aromatic carbocycles. The lowest BCUT2D eigenvalue weighted by Crippen LogP contribution is -2.35. The van der Waals surface area contributed by atoms with E-state index >= 15 is 0 Å². The normalized spacial score (nSPS) is 10.2. The topological polar surface area (TPSA) is 58.2 Å². The van der Waals surface area contributed by atoms with Gasteiger partial charge in [0.25, 0.3) is 0 Å². The molecule has 2 N–H and O–H groups in total. The summed E-state index contributed by atoms with van der Waals surface area (Å²) in [6, 6.07) is 7.14. The fourth-order valence-corrected chi connectivity index (χ4v) is 2.34. The van der Waals surface area contributed by atoms with Crippen molar-refractivity contribution in [2.75, 3.05) is 11.9 Å². The SMILES string of the molecule is CCCCCCCCNC(=O)C(=O)Nc1cccc(Br)c1. The van der Waals surface area contributed by atoms with E-state index in [0.717, 1.165) is 17.3 Å². The van der Waals surface area contributed by atoms with Crippen molar-refractivity contribution in [1.29, 1.82) is 0 Å². The van der Waals surface area contributed by atoms with Crippen LogP contribution in [0.2, 0.25) is 0 Å². The smallest absolute Gasteiger partial charge is 0.313 e. The Balaban J connectivity index is 2.18. The molecule has 0 aliphatic rings. The van der Waals surface area contributed by atoms with Gasteiger partial charge in [-0.25, -0.2) is 0 Å². The van der Waals surface area contributed by atoms with E-state index in [0.29, 0.717) is 12.2 Å². The summed E-state index contributed by atoms with van der Waals surface area (Å²) in [6.07, 6.45) is 6.93. The molecule has 0 radical (unpaired) electrons. The van der Waals surface area contributed by atoms with Gasteiger partial charge in [0.2, 0.25) is 0 Å². The highest BCUT2D eigenvalue weighted by atomic mass is 79.9. The van der Waals surface area contributed by atoms with E-state index in [2.05, 4.69) is 33.5 Å². The van der Waals surface area contributed by atoms with E-state index in [1.807, 2.05) is 6.07 Å². The van der Waals surface area contributed by atoms with Crippen molar-refractivity contribution in [3.05, 3.63) is 28.7 Å². The van der Waals surface area contributed by atoms with E-state index in [9.17, 15) is 9.59 Å². The molecule has 5 heteroatoms. The van der Waals surface area contributed by atoms with Crippen LogP contribution < -0.4 is 10.6 Å². The Bertz CT molecular complexity index is 463. The highest BCUT2D eigenvalue weighted by Gasteiger charge is 2.12. The number of hydrogen-bond donors (Lipinski definition) is 2. The van der Waals surface area contributed by atoms with Gasteiger partial charge in [0.05, 0.1) is 0 Å². The van der Waals surface area contributed by atoms with Crippen LogP contribution in [0.5, 0.6) is 0 Å². The number of nitrogens with one attached hydrogen (secondary N) is 2. The van der Waals surface area contributed by atoms with E-state index < -0.39 is 11.8 Å². The van der Waals surface area contributed by atoms with Gasteiger partial charge in [0, 0.05) is 16.7 Å². The van der Waals surface area contributed by atoms with Crippen molar-refractivity contribution in [3.63, 3.8) is 0 Å². The molecule has 116 valence electrons. The lowest BCUT2D eigenvalue weighted by molar-refractivity contribution is -0.136. The Hall–Kier alpha value is -1.36. The van der Waals surface area contributed by atoms with Crippen molar-refractivity contribution in [2.45, 2.75) is 45.4 Å². The number of rotatable bonds is 8. The Kier molecular flexibility index (Phi) is 8.74. The van der Waals surface area contributed by atoms with E-state index in [1.54, 1.807) is 18.2 Å². The van der Waals surface area contributed by atoms with Crippen LogP contribution in [0.25, 0.3) is 0 Å². The minimum absolute atomic E-state index is 0.552. The van der Waals surface area contributed by atoms with Crippen LogP contribution in [-0.2, 0) is 9.59 Å². The molecule has 0 saturated heterocycles. The second-order valence-electron chi connectivity index (χ2n) is 4.99. The van der Waals surface area contributed by atoms with Crippen molar-refractivity contribution in [3.8, 4) is 0 Å². The van der Waals surface area contributed by atoms with Crippen LogP contribution in [0.1, 0.15) is 45.4 Å². The fraction of sp³-hybridized carbons (Fsp3) is 0.500. The first-order valence-electron chi connectivity index (χ1n) is 7.48. The summed E-state index contributed by atoms with van der Waals surface area (Å²) in [5, 5.41) is 5.22. The number of benzene rings is 1. The van der Waals surface area contributed by atoms with E-state index in [4.69, 9.17) is 0 Å². The summed E-state index contributed by atoms with van der Waals surface area (Å²) in [6.45, 7) is 2.74. The van der Waals surface area contributed by atoms with Gasteiger partial charge in [-0.3, -0.25) is 9.59 Å². The standard InChI is InChI=1S/C16H23BrN2O2/c1-2-3-4-5-6-7-11-18-15(20)16(21)19-14-10-8-9-13(17)12-14/h8-10,12H,2-7,11H2,1H3,(H,18,20)(H,19,21). The molecule has 0 aliphatic heterocycles. The molecule has 0 saturated carbocycles. The van der Waals surface area contributed by atoms with Crippen molar-refractivity contribution in [2.24, 2.45) is 0 Å². The molecule has 0 spiro atoms. The third-order valence-corrected chi connectivity index (χ3v) is 3.60. The van der Waals surface area contributed by atoms with E-state index in [-0.39, 0.29) is 0 Å². The Labute approximate surface area is 134 Å². The summed E-state index contributed by atoms with van der Waals surface area (Å²) in [5.74, 6) is -1.21. The third kappa shape index (κ3) is 7.85. The monoisotopic (exact) mass is 354 g/mol. The molecular weight excluding hydrogens is 332 g/mol. The molecule has 0 fully saturated rings. The average Bonchev–Trinajstić information content (AvgIpc) is 2.46. The molecule has 0 unspecified atom stereocenters. The van der Waals surface area contributed by atoms with Gasteiger partial charge in [-0.15, -0.1) is 0 Å². The predicted octanol–water partition coefficient (Wildman–Crippen LogP) is 3.86. The number of halogens is 1. The lowest BCUT2D eigenvalue weighted by Gasteiger charge is -2.07. The zero-order valence-electron chi connectivity index (χ0n) is 12.5. The third-order valence-electron chi connectivity index (χ3n) is 3.10. The Morgan fingerprint density at radius 2 is 1.76 bits per heavy atom. The van der Waals surface area contributed by atoms with Gasteiger partial charge in [-0.1, -0.05) is 61.0 Å². The van der Waals surface area contributed by atoms with Gasteiger partial charge in [-0.2, -0.15) is 0 Å². The van der Waals surface area contributed by atoms with Crippen LogP contribution in [0.4, 0.5) is 5.69 Å². The molecule has 21 heavy (non-hydrogen) atoms.